The van der Waals surface area contributed by atoms with Crippen molar-refractivity contribution in [2.75, 3.05) is 6.61 Å². The number of carbonyl (C=O) groups excluding carboxylic acids is 1. The summed E-state index contributed by atoms with van der Waals surface area (Å²) in [7, 11) is 0. The lowest BCUT2D eigenvalue weighted by Crippen LogP contribution is -2.30. The predicted molar refractivity (Wildman–Crippen MR) is 80.5 cm³/mol. The third-order valence-electron chi connectivity index (χ3n) is 3.44. The normalized spacial score (nSPS) is 10.7. The summed E-state index contributed by atoms with van der Waals surface area (Å²) >= 11 is 0. The van der Waals surface area contributed by atoms with Gasteiger partial charge in [0.15, 0.2) is 0 Å². The zero-order chi connectivity index (χ0) is 15.1. The topological polar surface area (TPSA) is 50.1 Å². The zero-order valence-electron chi connectivity index (χ0n) is 12.0. The monoisotopic (exact) mass is 279 g/mol. The molecule has 106 valence electrons. The molecule has 0 N–H and O–H groups in total. The van der Waals surface area contributed by atoms with Gasteiger partial charge in [-0.2, -0.15) is 5.26 Å². The molecule has 0 aromatic heterocycles. The van der Waals surface area contributed by atoms with Crippen LogP contribution in [0.15, 0.2) is 60.7 Å². The molecule has 3 nitrogen and oxygen atoms in total. The van der Waals surface area contributed by atoms with E-state index in [-0.39, 0.29) is 12.4 Å². The Morgan fingerprint density at radius 1 is 1.05 bits per heavy atom. The van der Waals surface area contributed by atoms with E-state index in [1.165, 1.54) is 0 Å². The highest BCUT2D eigenvalue weighted by Gasteiger charge is 2.37. The summed E-state index contributed by atoms with van der Waals surface area (Å²) in [5.74, 6) is -0.369. The molecule has 0 aliphatic carbocycles. The van der Waals surface area contributed by atoms with Crippen LogP contribution in [-0.4, -0.2) is 12.6 Å². The first-order chi connectivity index (χ1) is 10.2. The minimum Gasteiger partial charge on any atom is -0.466 e. The van der Waals surface area contributed by atoms with Gasteiger partial charge in [-0.3, -0.25) is 4.79 Å². The molecule has 0 atom stereocenters. The lowest BCUT2D eigenvalue weighted by atomic mass is 9.73. The van der Waals surface area contributed by atoms with E-state index in [1.807, 2.05) is 60.7 Å². The van der Waals surface area contributed by atoms with Gasteiger partial charge in [-0.15, -0.1) is 0 Å². The van der Waals surface area contributed by atoms with Crippen molar-refractivity contribution in [2.45, 2.75) is 18.8 Å². The van der Waals surface area contributed by atoms with E-state index in [2.05, 4.69) is 6.07 Å². The van der Waals surface area contributed by atoms with Gasteiger partial charge in [0.1, 0.15) is 5.41 Å². The third-order valence-corrected chi connectivity index (χ3v) is 3.44. The predicted octanol–water partition coefficient (Wildman–Crippen LogP) is 3.45. The number of nitriles is 1. The van der Waals surface area contributed by atoms with Gasteiger partial charge < -0.3 is 4.74 Å². The van der Waals surface area contributed by atoms with Crippen LogP contribution >= 0.6 is 0 Å². The quantitative estimate of drug-likeness (QED) is 0.788. The second-order valence-corrected chi connectivity index (χ2v) is 4.73. The summed E-state index contributed by atoms with van der Waals surface area (Å²) in [4.78, 5) is 12.0. The molecule has 2 aromatic rings. The van der Waals surface area contributed by atoms with Gasteiger partial charge in [-0.1, -0.05) is 60.7 Å². The number of hydrogen-bond donors (Lipinski definition) is 0. The van der Waals surface area contributed by atoms with Gasteiger partial charge in [0.2, 0.25) is 0 Å². The first-order valence-electron chi connectivity index (χ1n) is 6.91. The average molecular weight is 279 g/mol. The van der Waals surface area contributed by atoms with Gasteiger partial charge >= 0.3 is 5.97 Å². The van der Waals surface area contributed by atoms with Crippen molar-refractivity contribution in [1.29, 1.82) is 5.26 Å². The highest BCUT2D eigenvalue weighted by atomic mass is 16.5. The highest BCUT2D eigenvalue weighted by Crippen LogP contribution is 2.35. The van der Waals surface area contributed by atoms with E-state index in [0.29, 0.717) is 6.61 Å². The first kappa shape index (κ1) is 14.8. The van der Waals surface area contributed by atoms with Crippen molar-refractivity contribution < 1.29 is 9.53 Å². The maximum Gasteiger partial charge on any atom is 0.308 e. The maximum atomic E-state index is 12.0. The molecule has 0 spiro atoms. The number of nitrogens with zero attached hydrogens (tertiary/aromatic N) is 1. The van der Waals surface area contributed by atoms with Crippen LogP contribution in [-0.2, 0) is 14.9 Å². The van der Waals surface area contributed by atoms with E-state index in [0.717, 1.165) is 11.1 Å². The summed E-state index contributed by atoms with van der Waals surface area (Å²) in [5, 5.41) is 9.84. The Morgan fingerprint density at radius 3 is 1.90 bits per heavy atom. The van der Waals surface area contributed by atoms with Gasteiger partial charge in [0.25, 0.3) is 0 Å². The SMILES string of the molecule is CCOC(=O)CC(C#N)(c1ccccc1)c1ccccc1. The molecule has 0 fully saturated rings. The maximum absolute atomic E-state index is 12.0. The number of rotatable bonds is 5. The molecule has 0 aliphatic rings. The molecule has 3 heteroatoms. The van der Waals surface area contributed by atoms with Crippen molar-refractivity contribution >= 4 is 5.97 Å². The van der Waals surface area contributed by atoms with Crippen molar-refractivity contribution in [3.63, 3.8) is 0 Å². The molecule has 0 heterocycles. The fraction of sp³-hybridized carbons (Fsp3) is 0.222. The standard InChI is InChI=1S/C18H17NO2/c1-2-21-17(20)13-18(14-19,15-9-5-3-6-10-15)16-11-7-4-8-12-16/h3-12H,2,13H2,1H3. The van der Waals surface area contributed by atoms with Crippen molar-refractivity contribution in [1.82, 2.24) is 0 Å². The Kier molecular flexibility index (Phi) is 4.73. The van der Waals surface area contributed by atoms with Crippen LogP contribution in [0.2, 0.25) is 0 Å². The molecule has 0 saturated heterocycles. The molecule has 2 aromatic carbocycles. The fourth-order valence-corrected chi connectivity index (χ4v) is 2.41. The van der Waals surface area contributed by atoms with E-state index >= 15 is 0 Å². The highest BCUT2D eigenvalue weighted by molar-refractivity contribution is 5.74. The average Bonchev–Trinajstić information content (AvgIpc) is 2.54. The van der Waals surface area contributed by atoms with Gasteiger partial charge in [0, 0.05) is 0 Å². The van der Waals surface area contributed by atoms with Gasteiger partial charge in [0.05, 0.1) is 19.1 Å². The molecule has 0 unspecified atom stereocenters. The largest absolute Gasteiger partial charge is 0.466 e. The molecular formula is C18H17NO2. The third kappa shape index (κ3) is 3.11. The second kappa shape index (κ2) is 6.71. The van der Waals surface area contributed by atoms with Crippen LogP contribution in [0.3, 0.4) is 0 Å². The van der Waals surface area contributed by atoms with Gasteiger partial charge in [-0.25, -0.2) is 0 Å². The smallest absolute Gasteiger partial charge is 0.308 e. The molecule has 2 rings (SSSR count). The number of benzene rings is 2. The van der Waals surface area contributed by atoms with Crippen LogP contribution in [0.1, 0.15) is 24.5 Å². The first-order valence-corrected chi connectivity index (χ1v) is 6.91. The molecule has 21 heavy (non-hydrogen) atoms. The van der Waals surface area contributed by atoms with Crippen molar-refractivity contribution in [2.24, 2.45) is 0 Å². The number of ether oxygens (including phenoxy) is 1. The summed E-state index contributed by atoms with van der Waals surface area (Å²) in [6.45, 7) is 2.07. The molecule has 0 saturated carbocycles. The lowest BCUT2D eigenvalue weighted by Gasteiger charge is -2.26. The Bertz CT molecular complexity index is 590. The number of esters is 1. The minimum absolute atomic E-state index is 0.00532. The molecule has 0 amide bonds. The summed E-state index contributed by atoms with van der Waals surface area (Å²) < 4.78 is 5.05. The van der Waals surface area contributed by atoms with E-state index in [4.69, 9.17) is 4.74 Å². The lowest BCUT2D eigenvalue weighted by molar-refractivity contribution is -0.143. The van der Waals surface area contributed by atoms with E-state index in [1.54, 1.807) is 6.92 Å². The fourth-order valence-electron chi connectivity index (χ4n) is 2.41. The Morgan fingerprint density at radius 2 is 1.52 bits per heavy atom. The molecular weight excluding hydrogens is 262 g/mol. The second-order valence-electron chi connectivity index (χ2n) is 4.73. The van der Waals surface area contributed by atoms with Crippen molar-refractivity contribution in [3.8, 4) is 6.07 Å². The minimum atomic E-state index is -1.02. The van der Waals surface area contributed by atoms with Crippen LogP contribution in [0.25, 0.3) is 0 Å². The van der Waals surface area contributed by atoms with E-state index in [9.17, 15) is 10.1 Å². The molecule has 0 bridgehead atoms. The van der Waals surface area contributed by atoms with Gasteiger partial charge in [-0.05, 0) is 18.1 Å². The summed E-state index contributed by atoms with van der Waals surface area (Å²) in [5.41, 5.74) is 0.577. The summed E-state index contributed by atoms with van der Waals surface area (Å²) in [6.07, 6.45) is 0.00532. The van der Waals surface area contributed by atoms with E-state index < -0.39 is 5.41 Å². The Balaban J connectivity index is 2.53. The number of hydrogen-bond acceptors (Lipinski definition) is 3. The van der Waals surface area contributed by atoms with Crippen LogP contribution in [0.5, 0.6) is 0 Å². The summed E-state index contributed by atoms with van der Waals surface area (Å²) in [6, 6.07) is 21.1. The van der Waals surface area contributed by atoms with Crippen LogP contribution in [0.4, 0.5) is 0 Å². The molecule has 0 radical (unpaired) electrons. The Labute approximate surface area is 124 Å². The molecule has 0 aliphatic heterocycles. The van der Waals surface area contributed by atoms with Crippen molar-refractivity contribution in [3.05, 3.63) is 71.8 Å². The zero-order valence-corrected chi connectivity index (χ0v) is 12.0. The van der Waals surface area contributed by atoms with Crippen LogP contribution in [0, 0.1) is 11.3 Å². The number of carbonyl (C=O) groups is 1. The Hall–Kier alpha value is -2.60. The van der Waals surface area contributed by atoms with Crippen LogP contribution < -0.4 is 0 Å².